The minimum atomic E-state index is -0.0383. The highest BCUT2D eigenvalue weighted by atomic mass is 15.3. The molecule has 0 aliphatic carbocycles. The Morgan fingerprint density at radius 1 is 0.952 bits per heavy atom. The largest absolute Gasteiger partial charge is 0.382 e. The van der Waals surface area contributed by atoms with Gasteiger partial charge in [0.1, 0.15) is 11.5 Å². The molecular weight excluding hydrogens is 264 g/mol. The van der Waals surface area contributed by atoms with Gasteiger partial charge in [0.25, 0.3) is 0 Å². The first-order valence-corrected chi connectivity index (χ1v) is 6.96. The maximum atomic E-state index is 7.61. The summed E-state index contributed by atoms with van der Waals surface area (Å²) in [6.07, 6.45) is 3.21. The fraction of sp³-hybridized carbons (Fsp3) is 0.267. The Morgan fingerprint density at radius 2 is 1.57 bits per heavy atom. The van der Waals surface area contributed by atoms with E-state index in [1.165, 1.54) is 5.69 Å². The smallest absolute Gasteiger partial charge is 0.158 e. The molecule has 0 spiro atoms. The van der Waals surface area contributed by atoms with E-state index >= 15 is 0 Å². The van der Waals surface area contributed by atoms with Crippen molar-refractivity contribution < 1.29 is 0 Å². The summed E-state index contributed by atoms with van der Waals surface area (Å²) < 4.78 is 0. The minimum Gasteiger partial charge on any atom is -0.382 e. The first-order valence-electron chi connectivity index (χ1n) is 6.96. The van der Waals surface area contributed by atoms with Crippen LogP contribution < -0.4 is 15.5 Å². The monoisotopic (exact) mass is 282 g/mol. The van der Waals surface area contributed by atoms with Gasteiger partial charge in [-0.25, -0.2) is 9.97 Å². The van der Waals surface area contributed by atoms with E-state index in [0.29, 0.717) is 11.5 Å². The Morgan fingerprint density at radius 3 is 2.24 bits per heavy atom. The predicted molar refractivity (Wildman–Crippen MR) is 83.9 cm³/mol. The highest BCUT2D eigenvalue weighted by Gasteiger charge is 2.21. The van der Waals surface area contributed by atoms with Crippen LogP contribution in [0.25, 0.3) is 0 Å². The van der Waals surface area contributed by atoms with Crippen molar-refractivity contribution in [3.8, 4) is 0 Å². The molecule has 1 aromatic heterocycles. The van der Waals surface area contributed by atoms with Crippen LogP contribution in [-0.4, -0.2) is 42.0 Å². The lowest BCUT2D eigenvalue weighted by Gasteiger charge is -2.37. The predicted octanol–water partition coefficient (Wildman–Crippen LogP) is 1.09. The van der Waals surface area contributed by atoms with Gasteiger partial charge in [0.2, 0.25) is 0 Å². The fourth-order valence-corrected chi connectivity index (χ4v) is 2.57. The van der Waals surface area contributed by atoms with Crippen molar-refractivity contribution in [2.24, 2.45) is 5.73 Å². The zero-order valence-electron chi connectivity index (χ0n) is 11.7. The van der Waals surface area contributed by atoms with Crippen LogP contribution in [0.5, 0.6) is 0 Å². The number of nitrogens with one attached hydrogen (secondary N) is 1. The Bertz CT molecular complexity index is 619. The van der Waals surface area contributed by atoms with Gasteiger partial charge in [-0.3, -0.25) is 5.41 Å². The lowest BCUT2D eigenvalue weighted by molar-refractivity contribution is 0.645. The van der Waals surface area contributed by atoms with E-state index < -0.39 is 0 Å². The molecule has 1 aliphatic rings. The SMILES string of the molecule is N=C(N)c1nccnc1N1CCN(c2ccccc2)CC1. The van der Waals surface area contributed by atoms with Crippen LogP contribution in [0.1, 0.15) is 5.69 Å². The molecule has 1 saturated heterocycles. The summed E-state index contributed by atoms with van der Waals surface area (Å²) in [4.78, 5) is 13.0. The van der Waals surface area contributed by atoms with Crippen molar-refractivity contribution in [3.05, 3.63) is 48.4 Å². The summed E-state index contributed by atoms with van der Waals surface area (Å²) >= 11 is 0. The molecule has 3 rings (SSSR count). The summed E-state index contributed by atoms with van der Waals surface area (Å²) in [6.45, 7) is 3.51. The first-order chi connectivity index (χ1) is 10.3. The second kappa shape index (κ2) is 5.78. The third kappa shape index (κ3) is 2.79. The quantitative estimate of drug-likeness (QED) is 0.650. The molecule has 2 heterocycles. The van der Waals surface area contributed by atoms with E-state index in [9.17, 15) is 0 Å². The Hall–Kier alpha value is -2.63. The zero-order valence-corrected chi connectivity index (χ0v) is 11.7. The third-order valence-corrected chi connectivity index (χ3v) is 3.63. The molecule has 1 aromatic carbocycles. The molecule has 108 valence electrons. The van der Waals surface area contributed by atoms with Crippen LogP contribution in [0, 0.1) is 5.41 Å². The molecule has 6 heteroatoms. The number of nitrogen functional groups attached to an aromatic ring is 1. The molecule has 1 fully saturated rings. The van der Waals surface area contributed by atoms with Crippen LogP contribution in [0.4, 0.5) is 11.5 Å². The number of anilines is 2. The van der Waals surface area contributed by atoms with E-state index in [2.05, 4.69) is 44.0 Å². The number of hydrogen-bond acceptors (Lipinski definition) is 5. The van der Waals surface area contributed by atoms with Crippen molar-refractivity contribution in [2.75, 3.05) is 36.0 Å². The second-order valence-corrected chi connectivity index (χ2v) is 4.95. The van der Waals surface area contributed by atoms with Crippen LogP contribution in [0.3, 0.4) is 0 Å². The van der Waals surface area contributed by atoms with Gasteiger partial charge in [0.05, 0.1) is 0 Å². The second-order valence-electron chi connectivity index (χ2n) is 4.95. The van der Waals surface area contributed by atoms with Crippen LogP contribution >= 0.6 is 0 Å². The molecular formula is C15H18N6. The first kappa shape index (κ1) is 13.4. The number of nitrogens with two attached hydrogens (primary N) is 1. The summed E-state index contributed by atoms with van der Waals surface area (Å²) in [5.74, 6) is 0.668. The van der Waals surface area contributed by atoms with Gasteiger partial charge >= 0.3 is 0 Å². The number of hydrogen-bond donors (Lipinski definition) is 2. The molecule has 1 aliphatic heterocycles. The van der Waals surface area contributed by atoms with Gasteiger partial charge < -0.3 is 15.5 Å². The number of piperazine rings is 1. The number of benzene rings is 1. The standard InChI is InChI=1S/C15H18N6/c16-14(17)13-15(19-7-6-18-13)21-10-8-20(9-11-21)12-4-2-1-3-5-12/h1-7H,8-11H2,(H3,16,17). The lowest BCUT2D eigenvalue weighted by atomic mass is 10.2. The van der Waals surface area contributed by atoms with Crippen molar-refractivity contribution in [1.29, 1.82) is 5.41 Å². The summed E-state index contributed by atoms with van der Waals surface area (Å²) in [7, 11) is 0. The third-order valence-electron chi connectivity index (χ3n) is 3.63. The van der Waals surface area contributed by atoms with Crippen LogP contribution in [-0.2, 0) is 0 Å². The van der Waals surface area contributed by atoms with E-state index in [0.717, 1.165) is 26.2 Å². The van der Waals surface area contributed by atoms with Gasteiger partial charge in [0.15, 0.2) is 5.82 Å². The number of para-hydroxylation sites is 1. The molecule has 0 saturated carbocycles. The molecule has 0 atom stereocenters. The average Bonchev–Trinajstić information content (AvgIpc) is 2.56. The average molecular weight is 282 g/mol. The van der Waals surface area contributed by atoms with E-state index in [1.807, 2.05) is 6.07 Å². The van der Waals surface area contributed by atoms with Gasteiger partial charge in [0, 0.05) is 44.3 Å². The zero-order chi connectivity index (χ0) is 14.7. The van der Waals surface area contributed by atoms with Gasteiger partial charge in [-0.2, -0.15) is 0 Å². The minimum absolute atomic E-state index is 0.0383. The van der Waals surface area contributed by atoms with E-state index in [4.69, 9.17) is 11.1 Å². The molecule has 0 amide bonds. The molecule has 2 aromatic rings. The Kier molecular flexibility index (Phi) is 3.68. The molecule has 0 unspecified atom stereocenters. The van der Waals surface area contributed by atoms with E-state index in [-0.39, 0.29) is 5.84 Å². The van der Waals surface area contributed by atoms with Crippen molar-refractivity contribution in [2.45, 2.75) is 0 Å². The normalized spacial score (nSPS) is 15.0. The summed E-state index contributed by atoms with van der Waals surface area (Å²) in [6, 6.07) is 10.4. The fourth-order valence-electron chi connectivity index (χ4n) is 2.57. The van der Waals surface area contributed by atoms with Gasteiger partial charge in [-0.15, -0.1) is 0 Å². The molecule has 6 nitrogen and oxygen atoms in total. The lowest BCUT2D eigenvalue weighted by Crippen LogP contribution is -2.47. The molecule has 21 heavy (non-hydrogen) atoms. The topological polar surface area (TPSA) is 82.1 Å². The summed E-state index contributed by atoms with van der Waals surface area (Å²) in [5.41, 5.74) is 7.29. The number of nitrogens with zero attached hydrogens (tertiary/aromatic N) is 4. The highest BCUT2D eigenvalue weighted by molar-refractivity contribution is 5.97. The Balaban J connectivity index is 1.73. The summed E-state index contributed by atoms with van der Waals surface area (Å²) in [5, 5.41) is 7.61. The van der Waals surface area contributed by atoms with Crippen LogP contribution in [0.2, 0.25) is 0 Å². The van der Waals surface area contributed by atoms with Crippen LogP contribution in [0.15, 0.2) is 42.7 Å². The van der Waals surface area contributed by atoms with Crippen molar-refractivity contribution in [1.82, 2.24) is 9.97 Å². The maximum absolute atomic E-state index is 7.61. The highest BCUT2D eigenvalue weighted by Crippen LogP contribution is 2.20. The Labute approximate surface area is 123 Å². The van der Waals surface area contributed by atoms with Crippen molar-refractivity contribution >= 4 is 17.3 Å². The molecule has 0 bridgehead atoms. The number of rotatable bonds is 3. The van der Waals surface area contributed by atoms with Crippen molar-refractivity contribution in [3.63, 3.8) is 0 Å². The van der Waals surface area contributed by atoms with Gasteiger partial charge in [-0.1, -0.05) is 18.2 Å². The van der Waals surface area contributed by atoms with E-state index in [1.54, 1.807) is 12.4 Å². The number of amidine groups is 1. The number of aromatic nitrogens is 2. The van der Waals surface area contributed by atoms with Gasteiger partial charge in [-0.05, 0) is 12.1 Å². The molecule has 0 radical (unpaired) electrons. The molecule has 3 N–H and O–H groups in total. The maximum Gasteiger partial charge on any atom is 0.158 e.